The van der Waals surface area contributed by atoms with Gasteiger partial charge in [-0.2, -0.15) is 0 Å². The van der Waals surface area contributed by atoms with Crippen molar-refractivity contribution in [2.24, 2.45) is 0 Å². The molecule has 13 heteroatoms. The number of H-pyrrole nitrogens is 1. The normalized spacial score (nSPS) is 13.7. The molecule has 1 aliphatic heterocycles. The van der Waals surface area contributed by atoms with Gasteiger partial charge >= 0.3 is 5.97 Å². The van der Waals surface area contributed by atoms with E-state index in [0.717, 1.165) is 18.4 Å². The number of rotatable bonds is 6. The number of piperidine rings is 1. The van der Waals surface area contributed by atoms with Crippen LogP contribution in [-0.4, -0.2) is 70.4 Å². The molecule has 0 aliphatic carbocycles. The Labute approximate surface area is 215 Å². The van der Waals surface area contributed by atoms with Gasteiger partial charge in [0.15, 0.2) is 5.13 Å². The molecule has 0 saturated carbocycles. The first-order valence-corrected chi connectivity index (χ1v) is 12.1. The number of hydrogen-bond donors (Lipinski definition) is 4. The lowest BCUT2D eigenvalue weighted by molar-refractivity contribution is 0.0702. The molecule has 4 heterocycles. The summed E-state index contributed by atoms with van der Waals surface area (Å²) in [5.74, 6) is -0.791. The lowest BCUT2D eigenvalue weighted by atomic mass is 10.1. The molecule has 0 spiro atoms. The Morgan fingerprint density at radius 1 is 1.26 bits per heavy atom. The quantitative estimate of drug-likeness (QED) is 0.368. The number of pyridine rings is 1. The number of aryl methyl sites for hydroxylation is 1. The number of ether oxygens (including phenoxy) is 1. The van der Waals surface area contributed by atoms with Gasteiger partial charge in [-0.05, 0) is 25.8 Å². The number of aromatic carboxylic acids is 1. The molecule has 3 aromatic heterocycles. The van der Waals surface area contributed by atoms with Crippen molar-refractivity contribution in [3.05, 3.63) is 44.6 Å². The number of carbonyl (C=O) groups is 2. The van der Waals surface area contributed by atoms with E-state index in [1.165, 1.54) is 7.11 Å². The van der Waals surface area contributed by atoms with Crippen LogP contribution in [0, 0.1) is 6.92 Å². The van der Waals surface area contributed by atoms with E-state index in [1.54, 1.807) is 25.3 Å². The van der Waals surface area contributed by atoms with Crippen molar-refractivity contribution in [2.45, 2.75) is 25.8 Å². The second-order valence-corrected chi connectivity index (χ2v) is 9.28. The van der Waals surface area contributed by atoms with Gasteiger partial charge in [-0.1, -0.05) is 34.5 Å². The molecular formula is C22H25Cl2N5O5S. The van der Waals surface area contributed by atoms with Gasteiger partial charge in [0, 0.05) is 44.2 Å². The smallest absolute Gasteiger partial charge is 0.348 e. The number of nitrogens with one attached hydrogen (secondary N) is 2. The highest BCUT2D eigenvalue weighted by atomic mass is 35.5. The summed E-state index contributed by atoms with van der Waals surface area (Å²) in [5, 5.41) is 20.8. The fraction of sp³-hybridized carbons (Fsp3) is 0.364. The van der Waals surface area contributed by atoms with Gasteiger partial charge in [0.05, 0.1) is 22.8 Å². The number of carbonyl (C=O) groups excluding carboxylic acids is 1. The predicted octanol–water partition coefficient (Wildman–Crippen LogP) is 3.86. The number of halogens is 2. The van der Waals surface area contributed by atoms with Crippen molar-refractivity contribution < 1.29 is 24.5 Å². The third-order valence-corrected chi connectivity index (χ3v) is 7.45. The van der Waals surface area contributed by atoms with Crippen molar-refractivity contribution in [1.29, 1.82) is 0 Å². The molecule has 4 N–H and O–H groups in total. The van der Waals surface area contributed by atoms with Gasteiger partial charge in [-0.15, -0.1) is 0 Å². The predicted molar refractivity (Wildman–Crippen MR) is 135 cm³/mol. The molecule has 0 unspecified atom stereocenters. The van der Waals surface area contributed by atoms with Crippen molar-refractivity contribution >= 4 is 51.5 Å². The summed E-state index contributed by atoms with van der Waals surface area (Å²) in [5.41, 5.74) is 1.64. The van der Waals surface area contributed by atoms with Crippen LogP contribution < -0.4 is 15.0 Å². The Kier molecular flexibility index (Phi) is 8.95. The molecule has 0 radical (unpaired) electrons. The SMILES string of the molecule is CO.COc1ccnc(-c2nc(N3CCC(NC(=O)c4[nH]c(C)c(Cl)c4Cl)CC3)sc2C(=O)O)c1. The molecule has 1 fully saturated rings. The summed E-state index contributed by atoms with van der Waals surface area (Å²) < 4.78 is 5.22. The molecule has 1 amide bonds. The zero-order chi connectivity index (χ0) is 25.7. The standard InChI is InChI=1S/C21H21Cl2N5O4S.CH4O/c1-10-14(22)15(23)17(25-10)19(29)26-11-4-7-28(8-5-11)21-27-16(18(33-21)20(30)31)13-9-12(32-2)3-6-24-13;1-2/h3,6,9,11,25H,4-5,7-8H2,1-2H3,(H,26,29)(H,30,31);2H,1H3. The maximum atomic E-state index is 12.6. The zero-order valence-electron chi connectivity index (χ0n) is 19.3. The third-order valence-electron chi connectivity index (χ3n) is 5.40. The van der Waals surface area contributed by atoms with Crippen LogP contribution in [0.15, 0.2) is 18.3 Å². The van der Waals surface area contributed by atoms with Crippen LogP contribution in [0.3, 0.4) is 0 Å². The summed E-state index contributed by atoms with van der Waals surface area (Å²) in [7, 11) is 2.53. The van der Waals surface area contributed by atoms with E-state index in [0.29, 0.717) is 58.9 Å². The highest BCUT2D eigenvalue weighted by Crippen LogP contribution is 2.35. The molecule has 188 valence electrons. The first kappa shape index (κ1) is 26.7. The first-order valence-electron chi connectivity index (χ1n) is 10.6. The average molecular weight is 542 g/mol. The van der Waals surface area contributed by atoms with Crippen molar-refractivity contribution in [3.63, 3.8) is 0 Å². The maximum Gasteiger partial charge on any atom is 0.348 e. The monoisotopic (exact) mass is 541 g/mol. The van der Waals surface area contributed by atoms with Gasteiger partial charge in [0.2, 0.25) is 0 Å². The number of aliphatic hydroxyl groups is 1. The van der Waals surface area contributed by atoms with E-state index in [4.69, 9.17) is 33.0 Å². The first-order chi connectivity index (χ1) is 16.8. The molecule has 0 bridgehead atoms. The van der Waals surface area contributed by atoms with E-state index in [2.05, 4.69) is 20.3 Å². The minimum Gasteiger partial charge on any atom is -0.497 e. The van der Waals surface area contributed by atoms with Crippen LogP contribution >= 0.6 is 34.5 Å². The summed E-state index contributed by atoms with van der Waals surface area (Å²) in [6, 6.07) is 3.30. The summed E-state index contributed by atoms with van der Waals surface area (Å²) in [6.45, 7) is 2.97. The van der Waals surface area contributed by atoms with Crippen molar-refractivity contribution in [3.8, 4) is 17.1 Å². The Balaban J connectivity index is 0.00000167. The average Bonchev–Trinajstić information content (AvgIpc) is 3.43. The summed E-state index contributed by atoms with van der Waals surface area (Å²) in [4.78, 5) is 38.3. The molecule has 35 heavy (non-hydrogen) atoms. The highest BCUT2D eigenvalue weighted by molar-refractivity contribution is 7.17. The van der Waals surface area contributed by atoms with Crippen molar-refractivity contribution in [2.75, 3.05) is 32.2 Å². The number of aliphatic hydroxyl groups excluding tert-OH is 1. The number of aromatic amines is 1. The molecule has 10 nitrogen and oxygen atoms in total. The van der Waals surface area contributed by atoms with Gasteiger partial charge in [-0.25, -0.2) is 9.78 Å². The number of hydrogen-bond acceptors (Lipinski definition) is 8. The van der Waals surface area contributed by atoms with E-state index < -0.39 is 5.97 Å². The lowest BCUT2D eigenvalue weighted by Crippen LogP contribution is -2.44. The highest BCUT2D eigenvalue weighted by Gasteiger charge is 2.28. The van der Waals surface area contributed by atoms with Crippen LogP contribution in [-0.2, 0) is 0 Å². The largest absolute Gasteiger partial charge is 0.497 e. The number of amides is 1. The molecular weight excluding hydrogens is 517 g/mol. The van der Waals surface area contributed by atoms with Crippen LogP contribution in [0.25, 0.3) is 11.4 Å². The van der Waals surface area contributed by atoms with Gasteiger partial charge in [0.1, 0.15) is 22.0 Å². The molecule has 0 atom stereocenters. The summed E-state index contributed by atoms with van der Waals surface area (Å²) >= 11 is 13.3. The van der Waals surface area contributed by atoms with E-state index in [1.807, 2.05) is 4.90 Å². The zero-order valence-corrected chi connectivity index (χ0v) is 21.6. The lowest BCUT2D eigenvalue weighted by Gasteiger charge is -2.32. The van der Waals surface area contributed by atoms with Crippen molar-refractivity contribution in [1.82, 2.24) is 20.3 Å². The number of anilines is 1. The molecule has 3 aromatic rings. The second-order valence-electron chi connectivity index (χ2n) is 7.55. The van der Waals surface area contributed by atoms with Gasteiger partial charge in [-0.3, -0.25) is 9.78 Å². The van der Waals surface area contributed by atoms with Crippen LogP contribution in [0.2, 0.25) is 10.0 Å². The number of carboxylic acids is 1. The number of carboxylic acid groups (broad SMARTS) is 1. The minimum absolute atomic E-state index is 0.0503. The van der Waals surface area contributed by atoms with Gasteiger partial charge < -0.3 is 30.2 Å². The number of aromatic nitrogens is 3. The van der Waals surface area contributed by atoms with Crippen LogP contribution in [0.4, 0.5) is 5.13 Å². The summed E-state index contributed by atoms with van der Waals surface area (Å²) in [6.07, 6.45) is 2.90. The maximum absolute atomic E-state index is 12.6. The van der Waals surface area contributed by atoms with E-state index in [-0.39, 0.29) is 27.5 Å². The van der Waals surface area contributed by atoms with E-state index >= 15 is 0 Å². The Hall–Kier alpha value is -2.86. The Morgan fingerprint density at radius 2 is 1.94 bits per heavy atom. The molecule has 0 aromatic carbocycles. The fourth-order valence-corrected chi connectivity index (χ4v) is 5.01. The fourth-order valence-electron chi connectivity index (χ4n) is 3.63. The Bertz CT molecular complexity index is 1210. The topological polar surface area (TPSA) is 141 Å². The van der Waals surface area contributed by atoms with E-state index in [9.17, 15) is 14.7 Å². The van der Waals surface area contributed by atoms with Crippen LogP contribution in [0.1, 0.15) is 38.7 Å². The van der Waals surface area contributed by atoms with Crippen LogP contribution in [0.5, 0.6) is 5.75 Å². The Morgan fingerprint density at radius 3 is 2.51 bits per heavy atom. The minimum atomic E-state index is -1.06. The molecule has 4 rings (SSSR count). The molecule has 1 saturated heterocycles. The number of thiazole rings is 1. The number of methoxy groups -OCH3 is 1. The third kappa shape index (κ3) is 5.87. The molecule has 1 aliphatic rings. The van der Waals surface area contributed by atoms with Gasteiger partial charge in [0.25, 0.3) is 5.91 Å². The second kappa shape index (κ2) is 11.7. The number of nitrogens with zero attached hydrogens (tertiary/aromatic N) is 3.